The molecule has 2 aromatic rings. The average Bonchev–Trinajstić information content (AvgIpc) is 3.48. The first kappa shape index (κ1) is 20.0. The number of hydrogen-bond donors (Lipinski definition) is 0. The van der Waals surface area contributed by atoms with Crippen molar-refractivity contribution < 1.29 is 17.3 Å². The van der Waals surface area contributed by atoms with Crippen LogP contribution in [0.2, 0.25) is 0 Å². The molecule has 9 nitrogen and oxygen atoms in total. The lowest BCUT2D eigenvalue weighted by molar-refractivity contribution is 0.109. The minimum Gasteiger partial charge on any atom is -0.376 e. The maximum absolute atomic E-state index is 11.5. The van der Waals surface area contributed by atoms with Crippen LogP contribution in [0.4, 0.5) is 11.8 Å². The van der Waals surface area contributed by atoms with Gasteiger partial charge >= 0.3 is 0 Å². The molecule has 5 rings (SSSR count). The normalized spacial score (nSPS) is 19.8. The van der Waals surface area contributed by atoms with Gasteiger partial charge in [-0.15, -0.1) is 0 Å². The molecule has 0 amide bonds. The zero-order valence-electron chi connectivity index (χ0n) is 17.5. The quantitative estimate of drug-likeness (QED) is 0.633. The highest BCUT2D eigenvalue weighted by Crippen LogP contribution is 2.37. The minimum absolute atomic E-state index is 0.0952. The maximum Gasteiger partial charge on any atom is 0.264 e. The summed E-state index contributed by atoms with van der Waals surface area (Å²) in [6, 6.07) is 0. The zero-order valence-corrected chi connectivity index (χ0v) is 18.3. The largest absolute Gasteiger partial charge is 0.376 e. The Bertz CT molecular complexity index is 1040. The number of rotatable bonds is 6. The molecule has 0 bridgehead atoms. The second-order valence-corrected chi connectivity index (χ2v) is 9.98. The molecule has 3 aliphatic heterocycles. The molecule has 30 heavy (non-hydrogen) atoms. The fourth-order valence-electron chi connectivity index (χ4n) is 4.85. The molecule has 0 aromatic carbocycles. The molecule has 0 saturated carbocycles. The van der Waals surface area contributed by atoms with E-state index in [0.717, 1.165) is 80.1 Å². The Morgan fingerprint density at radius 3 is 2.43 bits per heavy atom. The first-order valence-electron chi connectivity index (χ1n) is 10.9. The highest BCUT2D eigenvalue weighted by Gasteiger charge is 2.29. The monoisotopic (exact) mass is 435 g/mol. The van der Waals surface area contributed by atoms with Crippen LogP contribution in [0.3, 0.4) is 0 Å². The molecule has 2 fully saturated rings. The van der Waals surface area contributed by atoms with E-state index >= 15 is 0 Å². The molecule has 0 spiro atoms. The van der Waals surface area contributed by atoms with Gasteiger partial charge in [0.15, 0.2) is 0 Å². The van der Waals surface area contributed by atoms with E-state index in [0.29, 0.717) is 19.8 Å². The van der Waals surface area contributed by atoms with E-state index in [1.54, 1.807) is 0 Å². The third-order valence-corrected chi connectivity index (χ3v) is 6.82. The van der Waals surface area contributed by atoms with E-state index in [-0.39, 0.29) is 6.61 Å². The predicted molar refractivity (Wildman–Crippen MR) is 115 cm³/mol. The number of ether oxygens (including phenoxy) is 1. The number of hydrogen-bond acceptors (Lipinski definition) is 8. The van der Waals surface area contributed by atoms with E-state index in [4.69, 9.17) is 18.9 Å². The molecule has 2 saturated heterocycles. The molecule has 5 heterocycles. The standard InChI is InChI=1S/C20H29N5O4S/c1-30(26,27)29-13-11-25-16-6-12-28-14-15(16)17-18(23-7-2-3-8-23)21-20(22-19(17)25)24-9-4-5-10-24/h2-14H2,1H3. The van der Waals surface area contributed by atoms with E-state index in [9.17, 15) is 8.42 Å². The summed E-state index contributed by atoms with van der Waals surface area (Å²) in [6.45, 7) is 5.69. The van der Waals surface area contributed by atoms with Crippen molar-refractivity contribution in [2.45, 2.75) is 45.3 Å². The molecular formula is C20H29N5O4S. The first-order valence-corrected chi connectivity index (χ1v) is 12.7. The minimum atomic E-state index is -3.48. The van der Waals surface area contributed by atoms with E-state index in [2.05, 4.69) is 14.4 Å². The molecule has 0 N–H and O–H groups in total. The lowest BCUT2D eigenvalue weighted by Crippen LogP contribution is -2.24. The van der Waals surface area contributed by atoms with Crippen molar-refractivity contribution in [1.29, 1.82) is 0 Å². The van der Waals surface area contributed by atoms with Gasteiger partial charge in [-0.2, -0.15) is 18.4 Å². The van der Waals surface area contributed by atoms with E-state index < -0.39 is 10.1 Å². The zero-order chi connectivity index (χ0) is 20.7. The molecule has 0 aliphatic carbocycles. The van der Waals surface area contributed by atoms with Crippen LogP contribution in [-0.4, -0.2) is 68.6 Å². The highest BCUT2D eigenvalue weighted by molar-refractivity contribution is 7.85. The second-order valence-electron chi connectivity index (χ2n) is 8.34. The smallest absolute Gasteiger partial charge is 0.264 e. The third-order valence-electron chi connectivity index (χ3n) is 6.23. The molecule has 164 valence electrons. The lowest BCUT2D eigenvalue weighted by atomic mass is 10.1. The maximum atomic E-state index is 11.5. The Morgan fingerprint density at radius 2 is 1.73 bits per heavy atom. The van der Waals surface area contributed by atoms with Gasteiger partial charge in [0.2, 0.25) is 5.95 Å². The van der Waals surface area contributed by atoms with E-state index in [1.807, 2.05) is 0 Å². The van der Waals surface area contributed by atoms with Crippen LogP contribution < -0.4 is 9.80 Å². The molecule has 0 radical (unpaired) electrons. The van der Waals surface area contributed by atoms with Crippen molar-refractivity contribution >= 4 is 32.9 Å². The Labute approximate surface area is 177 Å². The van der Waals surface area contributed by atoms with Crippen LogP contribution in [0, 0.1) is 0 Å². The summed E-state index contributed by atoms with van der Waals surface area (Å²) in [7, 11) is -3.48. The van der Waals surface area contributed by atoms with Crippen molar-refractivity contribution in [1.82, 2.24) is 14.5 Å². The summed E-state index contributed by atoms with van der Waals surface area (Å²) in [5.41, 5.74) is 3.19. The predicted octanol–water partition coefficient (Wildman–Crippen LogP) is 1.68. The number of nitrogens with zero attached hydrogens (tertiary/aromatic N) is 5. The summed E-state index contributed by atoms with van der Waals surface area (Å²) in [5, 5.41) is 1.06. The molecule has 10 heteroatoms. The summed E-state index contributed by atoms with van der Waals surface area (Å²) >= 11 is 0. The molecule has 0 unspecified atom stereocenters. The fraction of sp³-hybridized carbons (Fsp3) is 0.700. The fourth-order valence-corrected chi connectivity index (χ4v) is 5.23. The third kappa shape index (κ3) is 3.76. The highest BCUT2D eigenvalue weighted by atomic mass is 32.2. The number of aromatic nitrogens is 3. The van der Waals surface area contributed by atoms with Crippen molar-refractivity contribution in [3.63, 3.8) is 0 Å². The van der Waals surface area contributed by atoms with Gasteiger partial charge in [0.05, 0.1) is 31.5 Å². The van der Waals surface area contributed by atoms with Crippen molar-refractivity contribution in [3.05, 3.63) is 11.3 Å². The second kappa shape index (κ2) is 7.97. The average molecular weight is 436 g/mol. The molecule has 0 atom stereocenters. The van der Waals surface area contributed by atoms with E-state index in [1.165, 1.54) is 18.5 Å². The SMILES string of the molecule is CS(=O)(=O)OCCn1c2c(c3c(N4CCCC4)nc(N4CCCC4)nc31)COCC2. The van der Waals surface area contributed by atoms with Gasteiger partial charge in [0, 0.05) is 50.4 Å². The van der Waals surface area contributed by atoms with Crippen LogP contribution in [0.1, 0.15) is 36.9 Å². The summed E-state index contributed by atoms with van der Waals surface area (Å²) in [6.07, 6.45) is 6.53. The van der Waals surface area contributed by atoms with Gasteiger partial charge in [-0.05, 0) is 25.7 Å². The number of fused-ring (bicyclic) bond motifs is 3. The Kier molecular flexibility index (Phi) is 5.32. The first-order chi connectivity index (χ1) is 14.5. The van der Waals surface area contributed by atoms with Crippen LogP contribution in [-0.2, 0) is 38.6 Å². The molecular weight excluding hydrogens is 406 g/mol. The summed E-state index contributed by atoms with van der Waals surface area (Å²) < 4.78 is 36.0. The topological polar surface area (TPSA) is 89.8 Å². The van der Waals surface area contributed by atoms with Crippen molar-refractivity contribution in [2.24, 2.45) is 0 Å². The van der Waals surface area contributed by atoms with Gasteiger partial charge in [-0.25, -0.2) is 0 Å². The molecule has 3 aliphatic rings. The molecule has 2 aromatic heterocycles. The van der Waals surface area contributed by atoms with Crippen LogP contribution >= 0.6 is 0 Å². The van der Waals surface area contributed by atoms with Gasteiger partial charge in [-0.1, -0.05) is 0 Å². The summed E-state index contributed by atoms with van der Waals surface area (Å²) in [5.74, 6) is 1.78. The van der Waals surface area contributed by atoms with Gasteiger partial charge < -0.3 is 19.1 Å². The van der Waals surface area contributed by atoms with Crippen LogP contribution in [0.5, 0.6) is 0 Å². The van der Waals surface area contributed by atoms with Crippen molar-refractivity contribution in [3.8, 4) is 0 Å². The lowest BCUT2D eigenvalue weighted by Gasteiger charge is -2.22. The van der Waals surface area contributed by atoms with Crippen LogP contribution in [0.25, 0.3) is 11.0 Å². The Morgan fingerprint density at radius 1 is 1.03 bits per heavy atom. The summed E-state index contributed by atoms with van der Waals surface area (Å²) in [4.78, 5) is 14.7. The van der Waals surface area contributed by atoms with Gasteiger partial charge in [0.1, 0.15) is 11.5 Å². The van der Waals surface area contributed by atoms with Crippen molar-refractivity contribution in [2.75, 3.05) is 55.4 Å². The van der Waals surface area contributed by atoms with Crippen LogP contribution in [0.15, 0.2) is 0 Å². The Hall–Kier alpha value is -1.91. The van der Waals surface area contributed by atoms with Gasteiger partial charge in [0.25, 0.3) is 10.1 Å². The van der Waals surface area contributed by atoms with Gasteiger partial charge in [-0.3, -0.25) is 4.18 Å². The number of anilines is 2. The Balaban J connectivity index is 1.65.